The van der Waals surface area contributed by atoms with Gasteiger partial charge in [-0.05, 0) is 55.1 Å². The summed E-state index contributed by atoms with van der Waals surface area (Å²) in [6.07, 6.45) is 0.215. The summed E-state index contributed by atoms with van der Waals surface area (Å²) in [5.41, 5.74) is 1.87. The Labute approximate surface area is 190 Å². The van der Waals surface area contributed by atoms with Gasteiger partial charge in [0.15, 0.2) is 0 Å². The number of hydrogen-bond donors (Lipinski definition) is 1. The molecular weight excluding hydrogens is 406 g/mol. The number of amides is 2. The first-order valence-corrected chi connectivity index (χ1v) is 11.1. The van der Waals surface area contributed by atoms with Gasteiger partial charge in [0.25, 0.3) is 0 Å². The summed E-state index contributed by atoms with van der Waals surface area (Å²) < 4.78 is 10.6. The molecular formula is C25H33N3O4. The molecule has 1 saturated heterocycles. The van der Waals surface area contributed by atoms with Crippen molar-refractivity contribution >= 4 is 17.5 Å². The number of rotatable bonds is 10. The number of likely N-dealkylation sites (N-methyl/N-ethyl adjacent to an activating group) is 1. The molecule has 7 heteroatoms. The lowest BCUT2D eigenvalue weighted by Crippen LogP contribution is -2.40. The fourth-order valence-electron chi connectivity index (χ4n) is 4.21. The lowest BCUT2D eigenvalue weighted by atomic mass is 10.0. The molecule has 0 spiro atoms. The van der Waals surface area contributed by atoms with E-state index in [9.17, 15) is 9.59 Å². The molecule has 2 unspecified atom stereocenters. The summed E-state index contributed by atoms with van der Waals surface area (Å²) in [6, 6.07) is 15.3. The van der Waals surface area contributed by atoms with E-state index in [-0.39, 0.29) is 30.2 Å². The number of ether oxygens (including phenoxy) is 2. The van der Waals surface area contributed by atoms with Crippen LogP contribution in [-0.4, -0.2) is 57.1 Å². The van der Waals surface area contributed by atoms with Crippen molar-refractivity contribution in [3.05, 3.63) is 54.1 Å². The maximum Gasteiger partial charge on any atom is 0.227 e. The third-order valence-corrected chi connectivity index (χ3v) is 6.08. The van der Waals surface area contributed by atoms with Crippen molar-refractivity contribution in [1.29, 1.82) is 0 Å². The van der Waals surface area contributed by atoms with Gasteiger partial charge in [0.1, 0.15) is 11.5 Å². The number of methoxy groups -OCH3 is 2. The Morgan fingerprint density at radius 3 is 2.41 bits per heavy atom. The van der Waals surface area contributed by atoms with Crippen molar-refractivity contribution in [1.82, 2.24) is 10.2 Å². The number of carbonyl (C=O) groups is 2. The van der Waals surface area contributed by atoms with Gasteiger partial charge in [-0.3, -0.25) is 14.5 Å². The molecule has 1 heterocycles. The first-order valence-electron chi connectivity index (χ1n) is 11.1. The van der Waals surface area contributed by atoms with Crippen molar-refractivity contribution in [2.45, 2.75) is 26.3 Å². The standard InChI is InChI=1S/C25H33N3O4/c1-5-27(6-2)23(18-8-7-9-22(14-18)32-4)16-26-25(30)19-15-24(29)28(17-19)20-10-12-21(31-3)13-11-20/h7-14,19,23H,5-6,15-17H2,1-4H3,(H,26,30). The zero-order chi connectivity index (χ0) is 23.1. The van der Waals surface area contributed by atoms with E-state index in [0.717, 1.165) is 35.8 Å². The highest BCUT2D eigenvalue weighted by molar-refractivity contribution is 6.00. The molecule has 0 aromatic heterocycles. The zero-order valence-electron chi connectivity index (χ0n) is 19.3. The molecule has 0 saturated carbocycles. The maximum atomic E-state index is 13.0. The molecule has 0 bridgehead atoms. The van der Waals surface area contributed by atoms with Gasteiger partial charge in [0.05, 0.1) is 26.2 Å². The van der Waals surface area contributed by atoms with E-state index in [1.54, 1.807) is 19.1 Å². The normalized spacial score (nSPS) is 16.8. The fraction of sp³-hybridized carbons (Fsp3) is 0.440. The van der Waals surface area contributed by atoms with E-state index < -0.39 is 0 Å². The average molecular weight is 440 g/mol. The van der Waals surface area contributed by atoms with Crippen LogP contribution in [0, 0.1) is 5.92 Å². The van der Waals surface area contributed by atoms with E-state index in [1.807, 2.05) is 42.5 Å². The van der Waals surface area contributed by atoms with Crippen LogP contribution in [0.5, 0.6) is 11.5 Å². The Morgan fingerprint density at radius 1 is 1.09 bits per heavy atom. The third kappa shape index (κ3) is 5.40. The van der Waals surface area contributed by atoms with Crippen molar-refractivity contribution in [2.75, 3.05) is 45.3 Å². The number of hydrogen-bond acceptors (Lipinski definition) is 5. The van der Waals surface area contributed by atoms with Crippen LogP contribution in [0.25, 0.3) is 0 Å². The molecule has 1 fully saturated rings. The van der Waals surface area contributed by atoms with Crippen LogP contribution in [0.2, 0.25) is 0 Å². The number of carbonyl (C=O) groups excluding carboxylic acids is 2. The molecule has 2 amide bonds. The van der Waals surface area contributed by atoms with Gasteiger partial charge in [-0.1, -0.05) is 26.0 Å². The quantitative estimate of drug-likeness (QED) is 0.615. The van der Waals surface area contributed by atoms with Gasteiger partial charge in [0, 0.05) is 25.2 Å². The largest absolute Gasteiger partial charge is 0.497 e. The Bertz CT molecular complexity index is 912. The van der Waals surface area contributed by atoms with E-state index in [1.165, 1.54) is 0 Å². The monoisotopic (exact) mass is 439 g/mol. The first kappa shape index (κ1) is 23.6. The van der Waals surface area contributed by atoms with Crippen molar-refractivity contribution in [3.63, 3.8) is 0 Å². The maximum absolute atomic E-state index is 13.0. The summed E-state index contributed by atoms with van der Waals surface area (Å²) in [7, 11) is 3.26. The van der Waals surface area contributed by atoms with Gasteiger partial charge < -0.3 is 19.7 Å². The van der Waals surface area contributed by atoms with E-state index in [4.69, 9.17) is 9.47 Å². The highest BCUT2D eigenvalue weighted by atomic mass is 16.5. The van der Waals surface area contributed by atoms with Crippen molar-refractivity contribution < 1.29 is 19.1 Å². The minimum Gasteiger partial charge on any atom is -0.497 e. The minimum atomic E-state index is -0.368. The first-order chi connectivity index (χ1) is 15.5. The Kier molecular flexibility index (Phi) is 8.11. The van der Waals surface area contributed by atoms with E-state index in [2.05, 4.69) is 30.1 Å². The van der Waals surface area contributed by atoms with Crippen LogP contribution in [0.3, 0.4) is 0 Å². The minimum absolute atomic E-state index is 0.0267. The summed E-state index contributed by atoms with van der Waals surface area (Å²) in [5.74, 6) is 1.03. The Hall–Kier alpha value is -3.06. The molecule has 2 aromatic carbocycles. The number of nitrogens with zero attached hydrogens (tertiary/aromatic N) is 2. The second-order valence-electron chi connectivity index (χ2n) is 7.86. The molecule has 0 aliphatic carbocycles. The average Bonchev–Trinajstić information content (AvgIpc) is 3.23. The van der Waals surface area contributed by atoms with Gasteiger partial charge in [-0.15, -0.1) is 0 Å². The SMILES string of the molecule is CCN(CC)C(CNC(=O)C1CC(=O)N(c2ccc(OC)cc2)C1)c1cccc(OC)c1. The molecule has 32 heavy (non-hydrogen) atoms. The number of anilines is 1. The molecule has 2 atom stereocenters. The van der Waals surface area contributed by atoms with Gasteiger partial charge in [-0.2, -0.15) is 0 Å². The van der Waals surface area contributed by atoms with Gasteiger partial charge >= 0.3 is 0 Å². The van der Waals surface area contributed by atoms with Crippen LogP contribution in [-0.2, 0) is 9.59 Å². The second kappa shape index (κ2) is 11.0. The fourth-order valence-corrected chi connectivity index (χ4v) is 4.21. The van der Waals surface area contributed by atoms with Crippen LogP contribution >= 0.6 is 0 Å². The summed E-state index contributed by atoms with van der Waals surface area (Å²) >= 11 is 0. The van der Waals surface area contributed by atoms with E-state index >= 15 is 0 Å². The number of benzene rings is 2. The third-order valence-electron chi connectivity index (χ3n) is 6.08. The Balaban J connectivity index is 1.67. The summed E-state index contributed by atoms with van der Waals surface area (Å²) in [5, 5.41) is 3.10. The molecule has 172 valence electrons. The predicted molar refractivity (Wildman–Crippen MR) is 125 cm³/mol. The van der Waals surface area contributed by atoms with Crippen LogP contribution < -0.4 is 19.7 Å². The van der Waals surface area contributed by atoms with E-state index in [0.29, 0.717) is 13.1 Å². The van der Waals surface area contributed by atoms with Crippen LogP contribution in [0.15, 0.2) is 48.5 Å². The lowest BCUT2D eigenvalue weighted by molar-refractivity contribution is -0.126. The topological polar surface area (TPSA) is 71.1 Å². The molecule has 1 N–H and O–H groups in total. The second-order valence-corrected chi connectivity index (χ2v) is 7.86. The summed E-state index contributed by atoms with van der Waals surface area (Å²) in [4.78, 5) is 29.5. The number of nitrogens with one attached hydrogen (secondary N) is 1. The molecule has 7 nitrogen and oxygen atoms in total. The Morgan fingerprint density at radius 2 is 1.78 bits per heavy atom. The molecule has 1 aliphatic heterocycles. The molecule has 0 radical (unpaired) electrons. The molecule has 3 rings (SSSR count). The van der Waals surface area contributed by atoms with Gasteiger partial charge in [-0.25, -0.2) is 0 Å². The smallest absolute Gasteiger partial charge is 0.227 e. The van der Waals surface area contributed by atoms with Crippen molar-refractivity contribution in [2.24, 2.45) is 5.92 Å². The molecule has 1 aliphatic rings. The zero-order valence-corrected chi connectivity index (χ0v) is 19.3. The highest BCUT2D eigenvalue weighted by Crippen LogP contribution is 2.28. The lowest BCUT2D eigenvalue weighted by Gasteiger charge is -2.30. The van der Waals surface area contributed by atoms with Crippen LogP contribution in [0.1, 0.15) is 31.9 Å². The van der Waals surface area contributed by atoms with Crippen LogP contribution in [0.4, 0.5) is 5.69 Å². The predicted octanol–water partition coefficient (Wildman–Crippen LogP) is 3.26. The molecule has 2 aromatic rings. The van der Waals surface area contributed by atoms with Gasteiger partial charge in [0.2, 0.25) is 11.8 Å². The summed E-state index contributed by atoms with van der Waals surface area (Å²) in [6.45, 7) is 6.80. The highest BCUT2D eigenvalue weighted by Gasteiger charge is 2.35. The van der Waals surface area contributed by atoms with Crippen molar-refractivity contribution in [3.8, 4) is 11.5 Å².